The number of rotatable bonds is 4. The van der Waals surface area contributed by atoms with E-state index in [-0.39, 0.29) is 42.5 Å². The summed E-state index contributed by atoms with van der Waals surface area (Å²) in [6.45, 7) is 6.42. The van der Waals surface area contributed by atoms with Crippen molar-refractivity contribution in [2.24, 2.45) is 11.7 Å². The third kappa shape index (κ3) is 6.63. The summed E-state index contributed by atoms with van der Waals surface area (Å²) in [5.41, 5.74) is 6.68. The van der Waals surface area contributed by atoms with E-state index in [1.165, 1.54) is 12.1 Å². The summed E-state index contributed by atoms with van der Waals surface area (Å²) < 4.78 is 12.9. The molecule has 0 aromatic heterocycles. The molecule has 0 saturated carbocycles. The SMILES string of the molecule is CC(CN)C(=O)N1CCCN(Cc2ccc(F)cc2)CC1.Cl.Cl. The smallest absolute Gasteiger partial charge is 0.226 e. The first-order valence-electron chi connectivity index (χ1n) is 7.56. The molecular weight excluding hydrogens is 340 g/mol. The van der Waals surface area contributed by atoms with Gasteiger partial charge in [-0.25, -0.2) is 4.39 Å². The minimum Gasteiger partial charge on any atom is -0.341 e. The number of halogens is 3. The lowest BCUT2D eigenvalue weighted by Crippen LogP contribution is -2.40. The van der Waals surface area contributed by atoms with Crippen LogP contribution in [-0.2, 0) is 11.3 Å². The van der Waals surface area contributed by atoms with Crippen LogP contribution >= 0.6 is 24.8 Å². The van der Waals surface area contributed by atoms with Crippen LogP contribution in [0.5, 0.6) is 0 Å². The van der Waals surface area contributed by atoms with Gasteiger partial charge < -0.3 is 10.6 Å². The molecular formula is C16H26Cl2FN3O. The first-order chi connectivity index (χ1) is 10.1. The van der Waals surface area contributed by atoms with E-state index in [2.05, 4.69) is 4.90 Å². The Morgan fingerprint density at radius 3 is 2.43 bits per heavy atom. The van der Waals surface area contributed by atoms with Gasteiger partial charge in [0.1, 0.15) is 5.82 Å². The molecule has 1 saturated heterocycles. The zero-order valence-electron chi connectivity index (χ0n) is 13.4. The molecule has 1 heterocycles. The van der Waals surface area contributed by atoms with Gasteiger partial charge in [-0.1, -0.05) is 19.1 Å². The first-order valence-corrected chi connectivity index (χ1v) is 7.56. The highest BCUT2D eigenvalue weighted by atomic mass is 35.5. The van der Waals surface area contributed by atoms with Crippen LogP contribution in [0.4, 0.5) is 4.39 Å². The van der Waals surface area contributed by atoms with E-state index in [0.29, 0.717) is 6.54 Å². The van der Waals surface area contributed by atoms with Crippen molar-refractivity contribution in [1.29, 1.82) is 0 Å². The van der Waals surface area contributed by atoms with E-state index in [0.717, 1.165) is 44.7 Å². The monoisotopic (exact) mass is 365 g/mol. The van der Waals surface area contributed by atoms with Gasteiger partial charge in [0, 0.05) is 45.2 Å². The van der Waals surface area contributed by atoms with Crippen LogP contribution in [0.3, 0.4) is 0 Å². The van der Waals surface area contributed by atoms with Crippen LogP contribution < -0.4 is 5.73 Å². The van der Waals surface area contributed by atoms with Crippen LogP contribution in [0.25, 0.3) is 0 Å². The Hall–Kier alpha value is -0.880. The van der Waals surface area contributed by atoms with Gasteiger partial charge in [0.15, 0.2) is 0 Å². The van der Waals surface area contributed by atoms with Crippen molar-refractivity contribution >= 4 is 30.7 Å². The number of carbonyl (C=O) groups is 1. The number of nitrogens with two attached hydrogens (primary N) is 1. The number of hydrogen-bond acceptors (Lipinski definition) is 3. The molecule has 1 aromatic carbocycles. The standard InChI is InChI=1S/C16H24FN3O.2ClH/c1-13(11-18)16(21)20-8-2-7-19(9-10-20)12-14-3-5-15(17)6-4-14;;/h3-6,13H,2,7-12,18H2,1H3;2*1H. The van der Waals surface area contributed by atoms with E-state index < -0.39 is 0 Å². The van der Waals surface area contributed by atoms with Crippen molar-refractivity contribution in [2.45, 2.75) is 19.9 Å². The Bertz CT molecular complexity index is 473. The lowest BCUT2D eigenvalue weighted by Gasteiger charge is -2.24. The third-order valence-electron chi connectivity index (χ3n) is 3.99. The zero-order chi connectivity index (χ0) is 15.2. The molecule has 0 aliphatic carbocycles. The molecule has 1 aliphatic rings. The summed E-state index contributed by atoms with van der Waals surface area (Å²) in [5, 5.41) is 0. The summed E-state index contributed by atoms with van der Waals surface area (Å²) in [4.78, 5) is 16.4. The maximum atomic E-state index is 12.9. The lowest BCUT2D eigenvalue weighted by atomic mass is 10.1. The molecule has 0 spiro atoms. The summed E-state index contributed by atoms with van der Waals surface area (Å²) in [7, 11) is 0. The third-order valence-corrected chi connectivity index (χ3v) is 3.99. The van der Waals surface area contributed by atoms with Gasteiger partial charge in [-0.15, -0.1) is 24.8 Å². The maximum absolute atomic E-state index is 12.9. The second-order valence-electron chi connectivity index (χ2n) is 5.72. The van der Waals surface area contributed by atoms with Crippen molar-refractivity contribution in [3.63, 3.8) is 0 Å². The number of amides is 1. The van der Waals surface area contributed by atoms with E-state index in [1.54, 1.807) is 0 Å². The Morgan fingerprint density at radius 2 is 1.83 bits per heavy atom. The van der Waals surface area contributed by atoms with E-state index in [9.17, 15) is 9.18 Å². The van der Waals surface area contributed by atoms with E-state index in [1.807, 2.05) is 24.0 Å². The Kier molecular flexibility index (Phi) is 10.4. The number of hydrogen-bond donors (Lipinski definition) is 1. The van der Waals surface area contributed by atoms with Gasteiger partial charge in [0.05, 0.1) is 0 Å². The predicted octanol–water partition coefficient (Wildman–Crippen LogP) is 2.30. The fourth-order valence-corrected chi connectivity index (χ4v) is 2.61. The van der Waals surface area contributed by atoms with Crippen molar-refractivity contribution < 1.29 is 9.18 Å². The molecule has 1 amide bonds. The normalized spacial score (nSPS) is 16.7. The maximum Gasteiger partial charge on any atom is 0.226 e. The van der Waals surface area contributed by atoms with Crippen molar-refractivity contribution in [3.05, 3.63) is 35.6 Å². The summed E-state index contributed by atoms with van der Waals surface area (Å²) in [6.07, 6.45) is 0.963. The Labute approximate surface area is 150 Å². The highest BCUT2D eigenvalue weighted by Gasteiger charge is 2.22. The molecule has 132 valence electrons. The predicted molar refractivity (Wildman–Crippen MR) is 95.6 cm³/mol. The average molecular weight is 366 g/mol. The fraction of sp³-hybridized carbons (Fsp3) is 0.562. The van der Waals surface area contributed by atoms with Crippen molar-refractivity contribution in [2.75, 3.05) is 32.7 Å². The van der Waals surface area contributed by atoms with Gasteiger partial charge in [-0.2, -0.15) is 0 Å². The molecule has 0 radical (unpaired) electrons. The van der Waals surface area contributed by atoms with Gasteiger partial charge >= 0.3 is 0 Å². The quantitative estimate of drug-likeness (QED) is 0.890. The molecule has 1 aromatic rings. The lowest BCUT2D eigenvalue weighted by molar-refractivity contribution is -0.134. The fourth-order valence-electron chi connectivity index (χ4n) is 2.61. The first kappa shape index (κ1) is 22.1. The van der Waals surface area contributed by atoms with Crippen molar-refractivity contribution in [3.8, 4) is 0 Å². The highest BCUT2D eigenvalue weighted by Crippen LogP contribution is 2.11. The second kappa shape index (κ2) is 10.8. The van der Waals surface area contributed by atoms with Gasteiger partial charge in [0.25, 0.3) is 0 Å². The molecule has 1 fully saturated rings. The molecule has 4 nitrogen and oxygen atoms in total. The van der Waals surface area contributed by atoms with Crippen LogP contribution in [-0.4, -0.2) is 48.4 Å². The summed E-state index contributed by atoms with van der Waals surface area (Å²) >= 11 is 0. The molecule has 1 atom stereocenters. The number of carbonyl (C=O) groups excluding carboxylic acids is 1. The zero-order valence-corrected chi connectivity index (χ0v) is 15.0. The highest BCUT2D eigenvalue weighted by molar-refractivity contribution is 5.85. The number of nitrogens with zero attached hydrogens (tertiary/aromatic N) is 2. The van der Waals surface area contributed by atoms with Gasteiger partial charge in [-0.05, 0) is 24.1 Å². The molecule has 1 aliphatic heterocycles. The van der Waals surface area contributed by atoms with Crippen LogP contribution in [0.1, 0.15) is 18.9 Å². The summed E-state index contributed by atoms with van der Waals surface area (Å²) in [6, 6.07) is 6.62. The Balaban J connectivity index is 0.00000242. The Morgan fingerprint density at radius 1 is 1.17 bits per heavy atom. The minimum absolute atomic E-state index is 0. The average Bonchev–Trinajstić information content (AvgIpc) is 2.73. The van der Waals surface area contributed by atoms with Gasteiger partial charge in [0.2, 0.25) is 5.91 Å². The second-order valence-corrected chi connectivity index (χ2v) is 5.72. The largest absolute Gasteiger partial charge is 0.341 e. The minimum atomic E-state index is -0.206. The van der Waals surface area contributed by atoms with Crippen molar-refractivity contribution in [1.82, 2.24) is 9.80 Å². The summed E-state index contributed by atoms with van der Waals surface area (Å²) in [5.74, 6) is -0.156. The number of benzene rings is 1. The van der Waals surface area contributed by atoms with E-state index in [4.69, 9.17) is 5.73 Å². The topological polar surface area (TPSA) is 49.6 Å². The van der Waals surface area contributed by atoms with E-state index >= 15 is 0 Å². The molecule has 2 N–H and O–H groups in total. The molecule has 2 rings (SSSR count). The molecule has 23 heavy (non-hydrogen) atoms. The molecule has 0 bridgehead atoms. The van der Waals surface area contributed by atoms with Crippen LogP contribution in [0.15, 0.2) is 24.3 Å². The van der Waals surface area contributed by atoms with Crippen LogP contribution in [0, 0.1) is 11.7 Å². The van der Waals surface area contributed by atoms with Crippen LogP contribution in [0.2, 0.25) is 0 Å². The molecule has 7 heteroatoms. The molecule has 1 unspecified atom stereocenters. The van der Waals surface area contributed by atoms with Gasteiger partial charge in [-0.3, -0.25) is 9.69 Å².